The molecule has 0 amide bonds. The molecule has 0 aliphatic carbocycles. The molecule has 132 valence electrons. The van der Waals surface area contributed by atoms with E-state index in [9.17, 15) is 4.79 Å². The van der Waals surface area contributed by atoms with Crippen molar-refractivity contribution in [3.8, 4) is 5.75 Å². The van der Waals surface area contributed by atoms with Gasteiger partial charge in [0.1, 0.15) is 5.75 Å². The molecular weight excluding hydrogens is 316 g/mol. The zero-order valence-electron chi connectivity index (χ0n) is 14.3. The maximum Gasteiger partial charge on any atom is 0.335 e. The van der Waals surface area contributed by atoms with Gasteiger partial charge in [-0.05, 0) is 36.8 Å². The quantitative estimate of drug-likeness (QED) is 0.786. The second kappa shape index (κ2) is 8.53. The molecular formula is C20H24N2O3. The highest BCUT2D eigenvalue weighted by Crippen LogP contribution is 2.16. The molecule has 0 bridgehead atoms. The number of anilines is 1. The van der Waals surface area contributed by atoms with E-state index in [1.807, 2.05) is 6.07 Å². The summed E-state index contributed by atoms with van der Waals surface area (Å²) in [6.07, 6.45) is 0.933. The maximum atomic E-state index is 11.0. The van der Waals surface area contributed by atoms with Crippen LogP contribution in [0.3, 0.4) is 0 Å². The number of hydrogen-bond donors (Lipinski definition) is 1. The summed E-state index contributed by atoms with van der Waals surface area (Å²) in [7, 11) is 0. The third-order valence-corrected chi connectivity index (χ3v) is 4.46. The number of piperazine rings is 1. The Bertz CT molecular complexity index is 682. The van der Waals surface area contributed by atoms with E-state index in [1.165, 1.54) is 5.69 Å². The second-order valence-corrected chi connectivity index (χ2v) is 6.20. The highest BCUT2D eigenvalue weighted by atomic mass is 16.5. The standard InChI is InChI=1S/C20H24N2O3/c23-20(24)17-6-4-9-19(16-17)25-15-5-10-21-11-13-22(14-12-21)18-7-2-1-3-8-18/h1-4,6-9,16H,5,10-15H2,(H,23,24). The Labute approximate surface area is 148 Å². The average Bonchev–Trinajstić information content (AvgIpc) is 2.67. The fourth-order valence-electron chi connectivity index (χ4n) is 3.07. The van der Waals surface area contributed by atoms with Crippen LogP contribution in [0.5, 0.6) is 5.75 Å². The number of hydrogen-bond acceptors (Lipinski definition) is 4. The van der Waals surface area contributed by atoms with Crippen molar-refractivity contribution in [2.75, 3.05) is 44.2 Å². The van der Waals surface area contributed by atoms with Crippen LogP contribution >= 0.6 is 0 Å². The molecule has 1 fully saturated rings. The van der Waals surface area contributed by atoms with Gasteiger partial charge in [-0.15, -0.1) is 0 Å². The Morgan fingerprint density at radius 2 is 1.76 bits per heavy atom. The molecule has 0 radical (unpaired) electrons. The van der Waals surface area contributed by atoms with Gasteiger partial charge in [0.25, 0.3) is 0 Å². The van der Waals surface area contributed by atoms with Crippen molar-refractivity contribution >= 4 is 11.7 Å². The predicted octanol–water partition coefficient (Wildman–Crippen LogP) is 2.98. The van der Waals surface area contributed by atoms with Crippen molar-refractivity contribution in [2.45, 2.75) is 6.42 Å². The van der Waals surface area contributed by atoms with Gasteiger partial charge in [-0.3, -0.25) is 4.90 Å². The summed E-state index contributed by atoms with van der Waals surface area (Å²) in [5.74, 6) is -0.310. The van der Waals surface area contributed by atoms with Crippen LogP contribution in [0.25, 0.3) is 0 Å². The van der Waals surface area contributed by atoms with Crippen LogP contribution in [0.4, 0.5) is 5.69 Å². The smallest absolute Gasteiger partial charge is 0.335 e. The van der Waals surface area contributed by atoms with Gasteiger partial charge in [0.05, 0.1) is 12.2 Å². The summed E-state index contributed by atoms with van der Waals surface area (Å²) in [6, 6.07) is 17.2. The summed E-state index contributed by atoms with van der Waals surface area (Å²) >= 11 is 0. The molecule has 0 unspecified atom stereocenters. The fraction of sp³-hybridized carbons (Fsp3) is 0.350. The van der Waals surface area contributed by atoms with Gasteiger partial charge < -0.3 is 14.7 Å². The molecule has 1 heterocycles. The zero-order chi connectivity index (χ0) is 17.5. The zero-order valence-corrected chi connectivity index (χ0v) is 14.3. The molecule has 0 aromatic heterocycles. The molecule has 2 aromatic rings. The Morgan fingerprint density at radius 3 is 2.48 bits per heavy atom. The molecule has 1 aliphatic heterocycles. The number of benzene rings is 2. The first-order valence-corrected chi connectivity index (χ1v) is 8.71. The monoisotopic (exact) mass is 340 g/mol. The van der Waals surface area contributed by atoms with E-state index in [0.717, 1.165) is 39.1 Å². The largest absolute Gasteiger partial charge is 0.494 e. The molecule has 0 saturated carbocycles. The van der Waals surface area contributed by atoms with Crippen molar-refractivity contribution in [1.29, 1.82) is 0 Å². The number of nitrogens with zero attached hydrogens (tertiary/aromatic N) is 2. The summed E-state index contributed by atoms with van der Waals surface area (Å²) in [4.78, 5) is 15.8. The number of para-hydroxylation sites is 1. The van der Waals surface area contributed by atoms with E-state index < -0.39 is 5.97 Å². The van der Waals surface area contributed by atoms with Crippen LogP contribution in [-0.2, 0) is 0 Å². The van der Waals surface area contributed by atoms with Crippen molar-refractivity contribution in [3.63, 3.8) is 0 Å². The third-order valence-electron chi connectivity index (χ3n) is 4.46. The SMILES string of the molecule is O=C(O)c1cccc(OCCCN2CCN(c3ccccc3)CC2)c1. The molecule has 1 saturated heterocycles. The highest BCUT2D eigenvalue weighted by molar-refractivity contribution is 5.87. The van der Waals surface area contributed by atoms with Crippen LogP contribution in [0.1, 0.15) is 16.8 Å². The first-order valence-electron chi connectivity index (χ1n) is 8.71. The first-order chi connectivity index (χ1) is 12.2. The molecule has 5 heteroatoms. The Balaban J connectivity index is 1.36. The minimum absolute atomic E-state index is 0.259. The normalized spacial score (nSPS) is 15.1. The molecule has 1 aliphatic rings. The molecule has 2 aromatic carbocycles. The fourth-order valence-corrected chi connectivity index (χ4v) is 3.07. The van der Waals surface area contributed by atoms with Gasteiger partial charge in [-0.25, -0.2) is 4.79 Å². The van der Waals surface area contributed by atoms with Crippen LogP contribution in [0.15, 0.2) is 54.6 Å². The number of ether oxygens (including phenoxy) is 1. The van der Waals surface area contributed by atoms with Crippen molar-refractivity contribution in [3.05, 3.63) is 60.2 Å². The number of carboxylic acid groups (broad SMARTS) is 1. The average molecular weight is 340 g/mol. The summed E-state index contributed by atoms with van der Waals surface area (Å²) < 4.78 is 5.68. The van der Waals surface area contributed by atoms with Gasteiger partial charge in [-0.1, -0.05) is 24.3 Å². The maximum absolute atomic E-state index is 11.0. The van der Waals surface area contributed by atoms with Gasteiger partial charge in [0, 0.05) is 38.4 Å². The predicted molar refractivity (Wildman–Crippen MR) is 98.6 cm³/mol. The topological polar surface area (TPSA) is 53.0 Å². The van der Waals surface area contributed by atoms with Crippen LogP contribution in [0, 0.1) is 0 Å². The molecule has 3 rings (SSSR count). The highest BCUT2D eigenvalue weighted by Gasteiger charge is 2.16. The van der Waals surface area contributed by atoms with Gasteiger partial charge in [-0.2, -0.15) is 0 Å². The Morgan fingerprint density at radius 1 is 1.00 bits per heavy atom. The lowest BCUT2D eigenvalue weighted by Gasteiger charge is -2.36. The van der Waals surface area contributed by atoms with E-state index in [-0.39, 0.29) is 5.56 Å². The Kier molecular flexibility index (Phi) is 5.90. The number of rotatable bonds is 7. The van der Waals surface area contributed by atoms with Crippen LogP contribution in [-0.4, -0.2) is 55.3 Å². The summed E-state index contributed by atoms with van der Waals surface area (Å²) in [6.45, 7) is 5.81. The molecule has 0 atom stereocenters. The van der Waals surface area contributed by atoms with E-state index in [4.69, 9.17) is 9.84 Å². The van der Waals surface area contributed by atoms with Gasteiger partial charge >= 0.3 is 5.97 Å². The van der Waals surface area contributed by atoms with E-state index in [2.05, 4.69) is 34.1 Å². The number of carbonyl (C=O) groups is 1. The summed E-state index contributed by atoms with van der Waals surface area (Å²) in [5.41, 5.74) is 1.55. The summed E-state index contributed by atoms with van der Waals surface area (Å²) in [5, 5.41) is 8.99. The molecule has 1 N–H and O–H groups in total. The first kappa shape index (κ1) is 17.3. The third kappa shape index (κ3) is 4.97. The minimum Gasteiger partial charge on any atom is -0.494 e. The molecule has 0 spiro atoms. The number of aromatic carboxylic acids is 1. The van der Waals surface area contributed by atoms with Gasteiger partial charge in [0.15, 0.2) is 0 Å². The molecule has 5 nitrogen and oxygen atoms in total. The van der Waals surface area contributed by atoms with E-state index >= 15 is 0 Å². The minimum atomic E-state index is -0.929. The lowest BCUT2D eigenvalue weighted by Crippen LogP contribution is -2.46. The van der Waals surface area contributed by atoms with E-state index in [0.29, 0.717) is 12.4 Å². The van der Waals surface area contributed by atoms with Crippen molar-refractivity contribution in [1.82, 2.24) is 4.90 Å². The van der Waals surface area contributed by atoms with Crippen LogP contribution in [0.2, 0.25) is 0 Å². The molecule has 25 heavy (non-hydrogen) atoms. The van der Waals surface area contributed by atoms with Crippen molar-refractivity contribution < 1.29 is 14.6 Å². The Hall–Kier alpha value is -2.53. The van der Waals surface area contributed by atoms with Crippen LogP contribution < -0.4 is 9.64 Å². The lowest BCUT2D eigenvalue weighted by atomic mass is 10.2. The lowest BCUT2D eigenvalue weighted by molar-refractivity contribution is 0.0696. The van der Waals surface area contributed by atoms with Gasteiger partial charge in [0.2, 0.25) is 0 Å². The number of carboxylic acids is 1. The second-order valence-electron chi connectivity index (χ2n) is 6.20. The van der Waals surface area contributed by atoms with Crippen molar-refractivity contribution in [2.24, 2.45) is 0 Å². The van der Waals surface area contributed by atoms with E-state index in [1.54, 1.807) is 24.3 Å².